The number of benzene rings is 1. The molecule has 3 atom stereocenters. The maximum Gasteiger partial charge on any atom is 0.159 e. The minimum Gasteiger partial charge on any atom is -0.342 e. The fraction of sp³-hybridized carbons (Fsp3) is 0.500. The van der Waals surface area contributed by atoms with Crippen LogP contribution in [0, 0.1) is 0 Å². The van der Waals surface area contributed by atoms with E-state index in [0.717, 1.165) is 31.1 Å². The van der Waals surface area contributed by atoms with Crippen molar-refractivity contribution in [3.05, 3.63) is 35.9 Å². The first-order chi connectivity index (χ1) is 8.35. The van der Waals surface area contributed by atoms with E-state index < -0.39 is 6.10 Å². The van der Waals surface area contributed by atoms with E-state index in [2.05, 4.69) is 6.92 Å². The first-order valence-electron chi connectivity index (χ1n) is 6.16. The average molecular weight is 234 g/mol. The van der Waals surface area contributed by atoms with Crippen LogP contribution in [0.3, 0.4) is 0 Å². The minimum atomic E-state index is -0.473. The molecule has 3 unspecified atom stereocenters. The molecule has 3 nitrogen and oxygen atoms in total. The van der Waals surface area contributed by atoms with Gasteiger partial charge in [0.2, 0.25) is 0 Å². The largest absolute Gasteiger partial charge is 0.342 e. The summed E-state index contributed by atoms with van der Waals surface area (Å²) in [6.45, 7) is 2.13. The SMILES string of the molecule is CCCCC1OC(C=O)C(c2ccccc2)O1. The Morgan fingerprint density at radius 3 is 2.65 bits per heavy atom. The van der Waals surface area contributed by atoms with Crippen LogP contribution in [0.4, 0.5) is 0 Å². The van der Waals surface area contributed by atoms with Crippen molar-refractivity contribution in [2.45, 2.75) is 44.7 Å². The first-order valence-corrected chi connectivity index (χ1v) is 6.16. The summed E-state index contributed by atoms with van der Waals surface area (Å²) >= 11 is 0. The Kier molecular flexibility index (Phi) is 4.29. The molecule has 1 aliphatic heterocycles. The summed E-state index contributed by atoms with van der Waals surface area (Å²) in [6, 6.07) is 9.77. The molecule has 1 saturated heterocycles. The third-order valence-electron chi connectivity index (χ3n) is 2.96. The van der Waals surface area contributed by atoms with Gasteiger partial charge in [0.1, 0.15) is 12.2 Å². The molecule has 1 heterocycles. The lowest BCUT2D eigenvalue weighted by atomic mass is 10.1. The lowest BCUT2D eigenvalue weighted by Crippen LogP contribution is -2.16. The summed E-state index contributed by atoms with van der Waals surface area (Å²) in [5.74, 6) is 0. The Morgan fingerprint density at radius 1 is 1.24 bits per heavy atom. The van der Waals surface area contributed by atoms with Crippen LogP contribution < -0.4 is 0 Å². The Balaban J connectivity index is 2.04. The van der Waals surface area contributed by atoms with E-state index in [1.165, 1.54) is 0 Å². The molecule has 92 valence electrons. The van der Waals surface area contributed by atoms with Crippen molar-refractivity contribution in [2.75, 3.05) is 0 Å². The van der Waals surface area contributed by atoms with Crippen molar-refractivity contribution in [2.24, 2.45) is 0 Å². The van der Waals surface area contributed by atoms with E-state index in [9.17, 15) is 4.79 Å². The molecule has 2 rings (SSSR count). The number of carbonyl (C=O) groups excluding carboxylic acids is 1. The number of rotatable bonds is 5. The highest BCUT2D eigenvalue weighted by molar-refractivity contribution is 5.58. The molecular formula is C14H18O3. The van der Waals surface area contributed by atoms with E-state index in [1.807, 2.05) is 30.3 Å². The molecule has 17 heavy (non-hydrogen) atoms. The van der Waals surface area contributed by atoms with E-state index >= 15 is 0 Å². The van der Waals surface area contributed by atoms with Crippen LogP contribution >= 0.6 is 0 Å². The van der Waals surface area contributed by atoms with Crippen LogP contribution in [-0.2, 0) is 14.3 Å². The minimum absolute atomic E-state index is 0.240. The molecule has 0 amide bonds. The molecule has 0 radical (unpaired) electrons. The number of carbonyl (C=O) groups is 1. The average Bonchev–Trinajstić information content (AvgIpc) is 2.80. The van der Waals surface area contributed by atoms with Crippen molar-refractivity contribution in [3.63, 3.8) is 0 Å². The third-order valence-corrected chi connectivity index (χ3v) is 2.96. The molecule has 0 spiro atoms. The van der Waals surface area contributed by atoms with Crippen LogP contribution in [-0.4, -0.2) is 18.7 Å². The van der Waals surface area contributed by atoms with Crippen LogP contribution in [0.5, 0.6) is 0 Å². The predicted octanol–water partition coefficient (Wildman–Crippen LogP) is 2.86. The highest BCUT2D eigenvalue weighted by atomic mass is 16.7. The van der Waals surface area contributed by atoms with Gasteiger partial charge in [0.05, 0.1) is 0 Å². The van der Waals surface area contributed by atoms with Gasteiger partial charge in [-0.05, 0) is 18.4 Å². The van der Waals surface area contributed by atoms with Crippen molar-refractivity contribution in [1.29, 1.82) is 0 Å². The number of ether oxygens (including phenoxy) is 2. The van der Waals surface area contributed by atoms with Crippen LogP contribution in [0.2, 0.25) is 0 Å². The molecular weight excluding hydrogens is 216 g/mol. The van der Waals surface area contributed by atoms with Gasteiger partial charge in [-0.3, -0.25) is 0 Å². The maximum atomic E-state index is 11.0. The van der Waals surface area contributed by atoms with Gasteiger partial charge in [-0.2, -0.15) is 0 Å². The molecule has 0 bridgehead atoms. The second-order valence-corrected chi connectivity index (χ2v) is 4.28. The normalized spacial score (nSPS) is 28.2. The second-order valence-electron chi connectivity index (χ2n) is 4.28. The number of hydrogen-bond donors (Lipinski definition) is 0. The van der Waals surface area contributed by atoms with Crippen LogP contribution in [0.25, 0.3) is 0 Å². The Morgan fingerprint density at radius 2 is 2.00 bits per heavy atom. The van der Waals surface area contributed by atoms with E-state index in [0.29, 0.717) is 0 Å². The van der Waals surface area contributed by atoms with Gasteiger partial charge in [-0.25, -0.2) is 0 Å². The Hall–Kier alpha value is -1.19. The van der Waals surface area contributed by atoms with Gasteiger partial charge in [-0.1, -0.05) is 43.7 Å². The second kappa shape index (κ2) is 5.94. The summed E-state index contributed by atoms with van der Waals surface area (Å²) in [5.41, 5.74) is 1.00. The Bertz CT molecular complexity index is 350. The van der Waals surface area contributed by atoms with Crippen molar-refractivity contribution in [1.82, 2.24) is 0 Å². The summed E-state index contributed by atoms with van der Waals surface area (Å²) < 4.78 is 11.4. The lowest BCUT2D eigenvalue weighted by Gasteiger charge is -2.12. The highest BCUT2D eigenvalue weighted by Crippen LogP contribution is 2.33. The van der Waals surface area contributed by atoms with Gasteiger partial charge in [0.25, 0.3) is 0 Å². The summed E-state index contributed by atoms with van der Waals surface area (Å²) in [5, 5.41) is 0. The maximum absolute atomic E-state index is 11.0. The number of hydrogen-bond acceptors (Lipinski definition) is 3. The molecule has 1 aliphatic rings. The van der Waals surface area contributed by atoms with Crippen molar-refractivity contribution >= 4 is 6.29 Å². The smallest absolute Gasteiger partial charge is 0.159 e. The molecule has 3 heteroatoms. The van der Waals surface area contributed by atoms with E-state index in [1.54, 1.807) is 0 Å². The zero-order chi connectivity index (χ0) is 12.1. The summed E-state index contributed by atoms with van der Waals surface area (Å²) in [6.07, 6.45) is 2.88. The molecule has 1 aromatic rings. The van der Waals surface area contributed by atoms with E-state index in [-0.39, 0.29) is 12.4 Å². The molecule has 0 aliphatic carbocycles. The monoisotopic (exact) mass is 234 g/mol. The van der Waals surface area contributed by atoms with Crippen molar-refractivity contribution < 1.29 is 14.3 Å². The van der Waals surface area contributed by atoms with Crippen LogP contribution in [0.1, 0.15) is 37.9 Å². The summed E-state index contributed by atoms with van der Waals surface area (Å²) in [4.78, 5) is 11.0. The zero-order valence-electron chi connectivity index (χ0n) is 10.0. The topological polar surface area (TPSA) is 35.5 Å². The highest BCUT2D eigenvalue weighted by Gasteiger charge is 2.36. The Labute approximate surface area is 102 Å². The predicted molar refractivity (Wildman–Crippen MR) is 64.5 cm³/mol. The quantitative estimate of drug-likeness (QED) is 0.735. The zero-order valence-corrected chi connectivity index (χ0v) is 10.0. The van der Waals surface area contributed by atoms with Gasteiger partial charge >= 0.3 is 0 Å². The molecule has 0 N–H and O–H groups in total. The van der Waals surface area contributed by atoms with Gasteiger partial charge in [0, 0.05) is 0 Å². The summed E-state index contributed by atoms with van der Waals surface area (Å²) in [7, 11) is 0. The van der Waals surface area contributed by atoms with Gasteiger partial charge in [-0.15, -0.1) is 0 Å². The number of aldehydes is 1. The molecule has 1 aromatic carbocycles. The third kappa shape index (κ3) is 2.93. The lowest BCUT2D eigenvalue weighted by molar-refractivity contribution is -0.119. The number of unbranched alkanes of at least 4 members (excludes halogenated alkanes) is 1. The molecule has 0 saturated carbocycles. The first kappa shape index (κ1) is 12.3. The van der Waals surface area contributed by atoms with E-state index in [4.69, 9.17) is 9.47 Å². The molecule has 0 aromatic heterocycles. The van der Waals surface area contributed by atoms with Gasteiger partial charge in [0.15, 0.2) is 12.6 Å². The standard InChI is InChI=1S/C14H18O3/c1-2-3-9-13-16-12(10-15)14(17-13)11-7-5-4-6-8-11/h4-8,10,12-14H,2-3,9H2,1H3. The van der Waals surface area contributed by atoms with Crippen molar-refractivity contribution in [3.8, 4) is 0 Å². The fourth-order valence-electron chi connectivity index (χ4n) is 2.04. The van der Waals surface area contributed by atoms with Gasteiger partial charge < -0.3 is 14.3 Å². The van der Waals surface area contributed by atoms with Crippen LogP contribution in [0.15, 0.2) is 30.3 Å². The fourth-order valence-corrected chi connectivity index (χ4v) is 2.04. The molecule has 1 fully saturated rings.